The van der Waals surface area contributed by atoms with E-state index in [0.29, 0.717) is 7.14 Å². The molecule has 2 aromatic rings. The largest absolute Gasteiger partial charge is 0.477 e. The molecule has 0 aliphatic heterocycles. The second-order valence-electron chi connectivity index (χ2n) is 5.15. The lowest BCUT2D eigenvalue weighted by Gasteiger charge is -2.16. The summed E-state index contributed by atoms with van der Waals surface area (Å²) in [5, 5.41) is 8.72. The Bertz CT molecular complexity index is 1090. The number of carboxylic acids is 1. The van der Waals surface area contributed by atoms with Crippen LogP contribution >= 0.6 is 90.4 Å². The van der Waals surface area contributed by atoms with Gasteiger partial charge in [-0.25, -0.2) is 23.2 Å². The minimum Gasteiger partial charge on any atom is -0.477 e. The van der Waals surface area contributed by atoms with Gasteiger partial charge >= 0.3 is 17.9 Å². The number of hydrogen-bond donors (Lipinski definition) is 1. The Hall–Kier alpha value is -0.510. The first-order chi connectivity index (χ1) is 13.9. The van der Waals surface area contributed by atoms with Crippen molar-refractivity contribution in [2.75, 3.05) is 7.11 Å². The Morgan fingerprint density at radius 3 is 1.47 bits per heavy atom. The van der Waals surface area contributed by atoms with E-state index in [0.717, 1.165) is 7.11 Å². The molecule has 2 aromatic carbocycles. The fourth-order valence-corrected chi connectivity index (χ4v) is 5.78. The smallest absolute Gasteiger partial charge is 0.345 e. The molecular weight excluding hydrogens is 872 g/mol. The van der Waals surface area contributed by atoms with Crippen LogP contribution in [0.25, 0.3) is 0 Å². The van der Waals surface area contributed by atoms with E-state index >= 15 is 0 Å². The number of carboxylic acid groups (broad SMARTS) is 1. The molecule has 0 amide bonds. The SMILES string of the molecule is COC(=O)c1c(I)c(I)c(I)c(I)c1C(=O)Oc1c(F)c(F)c(C(=O)O)c(F)c1F. The van der Waals surface area contributed by atoms with Crippen LogP contribution in [0.15, 0.2) is 0 Å². The van der Waals surface area contributed by atoms with Gasteiger partial charge in [0.2, 0.25) is 17.4 Å². The number of benzene rings is 2. The van der Waals surface area contributed by atoms with E-state index in [2.05, 4.69) is 9.47 Å². The van der Waals surface area contributed by atoms with E-state index in [1.165, 1.54) is 0 Å². The highest BCUT2D eigenvalue weighted by Gasteiger charge is 2.34. The molecule has 0 spiro atoms. The first kappa shape index (κ1) is 25.7. The van der Waals surface area contributed by atoms with Crippen molar-refractivity contribution in [2.24, 2.45) is 0 Å². The molecule has 0 saturated heterocycles. The van der Waals surface area contributed by atoms with Gasteiger partial charge in [0.05, 0.1) is 18.2 Å². The first-order valence-electron chi connectivity index (χ1n) is 7.12. The van der Waals surface area contributed by atoms with Crippen LogP contribution in [0.2, 0.25) is 0 Å². The topological polar surface area (TPSA) is 89.9 Å². The van der Waals surface area contributed by atoms with Crippen molar-refractivity contribution in [1.82, 2.24) is 0 Å². The van der Waals surface area contributed by atoms with Crippen molar-refractivity contribution in [1.29, 1.82) is 0 Å². The molecule has 0 bridgehead atoms. The molecule has 2 rings (SSSR count). The van der Waals surface area contributed by atoms with Gasteiger partial charge in [-0.15, -0.1) is 0 Å². The molecule has 0 heterocycles. The third-order valence-electron chi connectivity index (χ3n) is 3.49. The quantitative estimate of drug-likeness (QED) is 0.111. The van der Waals surface area contributed by atoms with E-state index < -0.39 is 58.1 Å². The minimum absolute atomic E-state index is 0.160. The molecule has 0 atom stereocenters. The predicted molar refractivity (Wildman–Crippen MR) is 127 cm³/mol. The highest BCUT2D eigenvalue weighted by molar-refractivity contribution is 14.1. The van der Waals surface area contributed by atoms with Crippen LogP contribution in [0.4, 0.5) is 17.6 Å². The van der Waals surface area contributed by atoms with E-state index in [4.69, 9.17) is 5.11 Å². The molecule has 0 aromatic heterocycles. The van der Waals surface area contributed by atoms with E-state index in [1.807, 2.05) is 45.2 Å². The van der Waals surface area contributed by atoms with Crippen LogP contribution < -0.4 is 4.74 Å². The standard InChI is InChI=1S/C16H4F4I4O6/c1-29-15(27)2-3(10(22)12(24)11(23)9(2)21)16(28)30-13-7(19)5(17)4(14(25)26)6(18)8(13)20/h1H3,(H,25,26). The molecule has 0 aliphatic rings. The summed E-state index contributed by atoms with van der Waals surface area (Å²) in [5.41, 5.74) is -2.60. The molecule has 0 saturated carbocycles. The zero-order valence-corrected chi connectivity index (χ0v) is 22.6. The molecular formula is C16H4F4I4O6. The molecule has 14 heteroatoms. The third-order valence-corrected chi connectivity index (χ3v) is 10.9. The van der Waals surface area contributed by atoms with Crippen molar-refractivity contribution in [3.05, 3.63) is 54.2 Å². The number of hydrogen-bond acceptors (Lipinski definition) is 5. The zero-order chi connectivity index (χ0) is 23.1. The maximum Gasteiger partial charge on any atom is 0.345 e. The van der Waals surface area contributed by atoms with E-state index in [9.17, 15) is 31.9 Å². The maximum atomic E-state index is 14.2. The Labute approximate surface area is 219 Å². The normalized spacial score (nSPS) is 10.7. The highest BCUT2D eigenvalue weighted by atomic mass is 127. The molecule has 0 aliphatic carbocycles. The first-order valence-corrected chi connectivity index (χ1v) is 11.4. The number of methoxy groups -OCH3 is 1. The number of halogens is 8. The lowest BCUT2D eigenvalue weighted by molar-refractivity contribution is 0.0583. The fourth-order valence-electron chi connectivity index (χ4n) is 2.15. The van der Waals surface area contributed by atoms with Crippen LogP contribution in [-0.4, -0.2) is 30.1 Å². The van der Waals surface area contributed by atoms with Crippen molar-refractivity contribution in [3.8, 4) is 5.75 Å². The summed E-state index contributed by atoms with van der Waals surface area (Å²) in [5.74, 6) is -15.4. The van der Waals surface area contributed by atoms with Gasteiger partial charge in [0, 0.05) is 14.3 Å². The zero-order valence-electron chi connectivity index (χ0n) is 14.0. The van der Waals surface area contributed by atoms with Gasteiger partial charge in [0.1, 0.15) is 5.56 Å². The third kappa shape index (κ3) is 4.50. The molecule has 0 fully saturated rings. The fraction of sp³-hybridized carbons (Fsp3) is 0.0625. The van der Waals surface area contributed by atoms with Gasteiger partial charge in [-0.3, -0.25) is 0 Å². The number of ether oxygens (including phenoxy) is 2. The van der Waals surface area contributed by atoms with Crippen molar-refractivity contribution < 1.29 is 46.5 Å². The molecule has 6 nitrogen and oxygen atoms in total. The van der Waals surface area contributed by atoms with Gasteiger partial charge in [-0.1, -0.05) is 0 Å². The van der Waals surface area contributed by atoms with E-state index in [1.54, 1.807) is 45.2 Å². The molecule has 1 N–H and O–H groups in total. The highest BCUT2D eigenvalue weighted by Crippen LogP contribution is 2.35. The van der Waals surface area contributed by atoms with Crippen LogP contribution in [-0.2, 0) is 4.74 Å². The summed E-state index contributed by atoms with van der Waals surface area (Å²) in [6.07, 6.45) is 0. The Kier molecular flexibility index (Phi) is 8.55. The van der Waals surface area contributed by atoms with Gasteiger partial charge in [0.25, 0.3) is 0 Å². The van der Waals surface area contributed by atoms with Crippen LogP contribution in [0.5, 0.6) is 5.75 Å². The monoisotopic (exact) mass is 876 g/mol. The lowest BCUT2D eigenvalue weighted by atomic mass is 10.1. The van der Waals surface area contributed by atoms with Crippen molar-refractivity contribution in [3.63, 3.8) is 0 Å². The number of aromatic carboxylic acids is 1. The maximum absolute atomic E-state index is 14.2. The summed E-state index contributed by atoms with van der Waals surface area (Å²) in [4.78, 5) is 35.7. The van der Waals surface area contributed by atoms with Gasteiger partial charge < -0.3 is 14.6 Å². The number of carbonyl (C=O) groups excluding carboxylic acids is 2. The predicted octanol–water partition coefficient (Wildman–Crippen LogP) is 5.37. The average Bonchev–Trinajstić information content (AvgIpc) is 2.69. The minimum atomic E-state index is -2.26. The Balaban J connectivity index is 2.74. The number of esters is 2. The van der Waals surface area contributed by atoms with Crippen LogP contribution in [0.1, 0.15) is 31.1 Å². The molecule has 30 heavy (non-hydrogen) atoms. The average molecular weight is 876 g/mol. The van der Waals surface area contributed by atoms with E-state index in [-0.39, 0.29) is 12.7 Å². The Morgan fingerprint density at radius 1 is 0.700 bits per heavy atom. The van der Waals surface area contributed by atoms with Gasteiger partial charge in [0.15, 0.2) is 11.6 Å². The van der Waals surface area contributed by atoms with Crippen LogP contribution in [0, 0.1) is 37.5 Å². The van der Waals surface area contributed by atoms with Gasteiger partial charge in [-0.2, -0.15) is 8.78 Å². The second-order valence-corrected chi connectivity index (χ2v) is 9.47. The lowest BCUT2D eigenvalue weighted by Crippen LogP contribution is -2.22. The summed E-state index contributed by atoms with van der Waals surface area (Å²) in [7, 11) is 1.04. The molecule has 0 radical (unpaired) electrons. The summed E-state index contributed by atoms with van der Waals surface area (Å²) in [6.45, 7) is 0. The molecule has 0 unspecified atom stereocenters. The summed E-state index contributed by atoms with van der Waals surface area (Å²) in [6, 6.07) is 0. The number of rotatable bonds is 4. The van der Waals surface area contributed by atoms with Crippen molar-refractivity contribution >= 4 is 108 Å². The Morgan fingerprint density at radius 2 is 1.10 bits per heavy atom. The van der Waals surface area contributed by atoms with Crippen LogP contribution in [0.3, 0.4) is 0 Å². The summed E-state index contributed by atoms with van der Waals surface area (Å²) >= 11 is 7.21. The number of carbonyl (C=O) groups is 3. The second kappa shape index (κ2) is 9.96. The summed E-state index contributed by atoms with van der Waals surface area (Å²) < 4.78 is 66.8. The van der Waals surface area contributed by atoms with Gasteiger partial charge in [-0.05, 0) is 90.4 Å². The molecule has 160 valence electrons. The van der Waals surface area contributed by atoms with Crippen molar-refractivity contribution in [2.45, 2.75) is 0 Å².